The molecule has 0 unspecified atom stereocenters. The van der Waals surface area contributed by atoms with E-state index in [0.717, 1.165) is 54.9 Å². The van der Waals surface area contributed by atoms with Crippen molar-refractivity contribution in [1.29, 1.82) is 0 Å². The number of fused-ring (bicyclic) bond motifs is 3. The molecule has 1 aliphatic carbocycles. The molecule has 0 radical (unpaired) electrons. The third-order valence-corrected chi connectivity index (χ3v) is 9.97. The van der Waals surface area contributed by atoms with Gasteiger partial charge in [-0.3, -0.25) is 0 Å². The van der Waals surface area contributed by atoms with Crippen LogP contribution in [0.3, 0.4) is 0 Å². The summed E-state index contributed by atoms with van der Waals surface area (Å²) in [6.45, 7) is 13.3. The molecule has 0 nitrogen and oxygen atoms in total. The van der Waals surface area contributed by atoms with Crippen LogP contribution in [-0.4, -0.2) is 3.21 Å². The molecule has 52 heavy (non-hydrogen) atoms. The molecule has 0 spiro atoms. The van der Waals surface area contributed by atoms with Crippen molar-refractivity contribution in [2.75, 3.05) is 0 Å². The zero-order valence-electron chi connectivity index (χ0n) is 30.1. The Hall–Kier alpha value is -2.86. The van der Waals surface area contributed by atoms with Crippen molar-refractivity contribution in [2.24, 2.45) is 0 Å². The molecule has 0 N–H and O–H groups in total. The molecule has 276 valence electrons. The predicted molar refractivity (Wildman–Crippen MR) is 188 cm³/mol. The maximum atomic E-state index is 12.7. The van der Waals surface area contributed by atoms with Crippen molar-refractivity contribution in [1.82, 2.24) is 0 Å². The number of hydrogen-bond donors (Lipinski definition) is 0. The summed E-state index contributed by atoms with van der Waals surface area (Å²) < 4.78 is 76.7. The van der Waals surface area contributed by atoms with E-state index < -0.39 is 23.5 Å². The van der Waals surface area contributed by atoms with Gasteiger partial charge in [0.25, 0.3) is 0 Å². The molecule has 0 atom stereocenters. The van der Waals surface area contributed by atoms with Crippen molar-refractivity contribution in [2.45, 2.75) is 85.0 Å². The Labute approximate surface area is 331 Å². The molecule has 5 aromatic rings. The van der Waals surface area contributed by atoms with E-state index in [1.807, 2.05) is 0 Å². The van der Waals surface area contributed by atoms with E-state index in [1.165, 1.54) is 88.0 Å². The SMILES string of the molecule is CCCCc1cc(C(C)(C)C)c[cH-]1.Cc1[c-]c2c(cc1)-c1ccc(C)cc1C2.FC(F)(F)c1cccc([C](=[Zr+2])c2cccc(C(F)(F)F)c2)c1.[Cl-].[Cl-]. The largest absolute Gasteiger partial charge is 1.00 e. The van der Waals surface area contributed by atoms with Gasteiger partial charge in [0, 0.05) is 0 Å². The first-order chi connectivity index (χ1) is 23.4. The van der Waals surface area contributed by atoms with Gasteiger partial charge in [-0.2, -0.15) is 47.0 Å². The fourth-order valence-corrected chi connectivity index (χ4v) is 6.50. The van der Waals surface area contributed by atoms with Gasteiger partial charge >= 0.3 is 137 Å². The maximum Gasteiger partial charge on any atom is -1.00 e. The Kier molecular flexibility index (Phi) is 16.5. The van der Waals surface area contributed by atoms with Gasteiger partial charge in [0.2, 0.25) is 0 Å². The Balaban J connectivity index is 0.000000276. The van der Waals surface area contributed by atoms with E-state index >= 15 is 0 Å². The number of rotatable bonds is 5. The molecule has 0 amide bonds. The van der Waals surface area contributed by atoms with Crippen LogP contribution in [0.5, 0.6) is 0 Å². The van der Waals surface area contributed by atoms with Crippen molar-refractivity contribution >= 4 is 3.21 Å². The summed E-state index contributed by atoms with van der Waals surface area (Å²) in [6.07, 6.45) is -4.08. The van der Waals surface area contributed by atoms with E-state index in [2.05, 4.69) is 96.1 Å². The summed E-state index contributed by atoms with van der Waals surface area (Å²) in [7, 11) is 0. The van der Waals surface area contributed by atoms with Gasteiger partial charge in [0.15, 0.2) is 0 Å². The first-order valence-electron chi connectivity index (χ1n) is 16.7. The normalized spacial score (nSPS) is 11.8. The summed E-state index contributed by atoms with van der Waals surface area (Å²) in [4.78, 5) is 0. The van der Waals surface area contributed by atoms with Gasteiger partial charge in [-0.15, -0.1) is 11.1 Å². The number of hydrogen-bond acceptors (Lipinski definition) is 0. The van der Waals surface area contributed by atoms with Gasteiger partial charge in [-0.25, -0.2) is 6.07 Å². The number of halogens is 8. The Morgan fingerprint density at radius 1 is 0.731 bits per heavy atom. The van der Waals surface area contributed by atoms with Gasteiger partial charge in [-0.1, -0.05) is 88.6 Å². The van der Waals surface area contributed by atoms with Crippen LogP contribution in [0.2, 0.25) is 0 Å². The fraction of sp³-hybridized carbons (Fsp3) is 0.302. The van der Waals surface area contributed by atoms with Crippen molar-refractivity contribution in [3.63, 3.8) is 0 Å². The first-order valence-corrected chi connectivity index (χ1v) is 17.9. The van der Waals surface area contributed by atoms with Gasteiger partial charge in [0.1, 0.15) is 0 Å². The average molecular weight is 835 g/mol. The monoisotopic (exact) mass is 832 g/mol. The van der Waals surface area contributed by atoms with Crippen LogP contribution in [0.1, 0.15) is 96.2 Å². The van der Waals surface area contributed by atoms with Crippen LogP contribution in [0.4, 0.5) is 26.3 Å². The van der Waals surface area contributed by atoms with Crippen LogP contribution in [-0.2, 0) is 54.8 Å². The summed E-state index contributed by atoms with van der Waals surface area (Å²) in [6, 6.07) is 30.6. The molecule has 0 fully saturated rings. The van der Waals surface area contributed by atoms with E-state index in [0.29, 0.717) is 8.62 Å². The number of aryl methyl sites for hydroxylation is 3. The maximum absolute atomic E-state index is 12.7. The zero-order valence-corrected chi connectivity index (χ0v) is 34.1. The molecule has 0 aromatic heterocycles. The smallest absolute Gasteiger partial charge is 1.00 e. The standard InChI is InChI=1S/C15H8F6.C15H13.C13H21.2ClH.Zr/c16-14(17,18)12-5-1-3-10(8-12)7-11-4-2-6-13(9-11)15(19,20)21;1-10-3-5-14-12(7-10)9-13-8-11(2)4-6-15(13)14;1-5-6-7-11-8-9-12(10-11)13(2,3)4;;;/h1-6,8-9H;3-7H,9H2,1-2H3;8-10H,5-7H2,1-4H3;2*1H;/q;2*-1;;;+2/p-2. The average Bonchev–Trinajstić information content (AvgIpc) is 3.68. The Bertz CT molecular complexity index is 1820. The molecule has 9 heteroatoms. The minimum atomic E-state index is -4.49. The van der Waals surface area contributed by atoms with E-state index in [4.69, 9.17) is 0 Å². The quantitative estimate of drug-likeness (QED) is 0.136. The minimum Gasteiger partial charge on any atom is -1.00 e. The molecular weight excluding hydrogens is 793 g/mol. The van der Waals surface area contributed by atoms with E-state index in [-0.39, 0.29) is 35.9 Å². The summed E-state index contributed by atoms with van der Waals surface area (Å²) in [5, 5.41) is 0. The zero-order chi connectivity index (χ0) is 36.9. The number of alkyl halides is 6. The second-order valence-electron chi connectivity index (χ2n) is 13.8. The predicted octanol–water partition coefficient (Wildman–Crippen LogP) is 6.57. The molecule has 0 heterocycles. The van der Waals surface area contributed by atoms with E-state index in [9.17, 15) is 26.3 Å². The van der Waals surface area contributed by atoms with Gasteiger partial charge < -0.3 is 24.8 Å². The Morgan fingerprint density at radius 3 is 1.79 bits per heavy atom. The number of benzene rings is 4. The second-order valence-corrected chi connectivity index (χ2v) is 15.0. The third-order valence-electron chi connectivity index (χ3n) is 8.55. The number of unbranched alkanes of at least 4 members (excludes halogenated alkanes) is 1. The third kappa shape index (κ3) is 12.4. The Morgan fingerprint density at radius 2 is 1.29 bits per heavy atom. The first kappa shape index (κ1) is 45.3. The molecule has 1 aliphatic rings. The molecule has 0 bridgehead atoms. The van der Waals surface area contributed by atoms with Crippen LogP contribution in [0.15, 0.2) is 97.1 Å². The van der Waals surface area contributed by atoms with Crippen LogP contribution < -0.4 is 24.8 Å². The summed E-state index contributed by atoms with van der Waals surface area (Å²) >= 11 is 0.729. The van der Waals surface area contributed by atoms with Crippen molar-refractivity contribution in [3.05, 3.63) is 159 Å². The molecule has 0 saturated heterocycles. The van der Waals surface area contributed by atoms with Crippen LogP contribution in [0.25, 0.3) is 11.1 Å². The van der Waals surface area contributed by atoms with Crippen molar-refractivity contribution < 1.29 is 75.4 Å². The molecule has 0 aliphatic heterocycles. The fourth-order valence-electron chi connectivity index (χ4n) is 5.73. The van der Waals surface area contributed by atoms with Crippen LogP contribution >= 0.6 is 0 Å². The molecule has 6 rings (SSSR count). The summed E-state index contributed by atoms with van der Waals surface area (Å²) in [5.74, 6) is 0. The van der Waals surface area contributed by atoms with Crippen LogP contribution in [0, 0.1) is 19.9 Å². The van der Waals surface area contributed by atoms with Gasteiger partial charge in [0.05, 0.1) is 0 Å². The summed E-state index contributed by atoms with van der Waals surface area (Å²) in [5.41, 5.74) is 10.3. The topological polar surface area (TPSA) is 0 Å². The van der Waals surface area contributed by atoms with Gasteiger partial charge in [-0.05, 0) is 18.9 Å². The molecular formula is C43H42Cl2F6Zr-2. The minimum absolute atomic E-state index is 0. The molecule has 0 saturated carbocycles. The van der Waals surface area contributed by atoms with E-state index in [1.54, 1.807) is 0 Å². The van der Waals surface area contributed by atoms with Crippen molar-refractivity contribution in [3.8, 4) is 11.1 Å². The second kappa shape index (κ2) is 18.9. The molecule has 5 aromatic carbocycles.